The van der Waals surface area contributed by atoms with Crippen LogP contribution in [-0.2, 0) is 12.8 Å². The minimum absolute atomic E-state index is 0.698. The van der Waals surface area contributed by atoms with Crippen LogP contribution < -0.4 is 5.32 Å². The maximum Gasteiger partial charge on any atom is 0.106 e. The van der Waals surface area contributed by atoms with Crippen LogP contribution in [0, 0.1) is 6.92 Å². The lowest BCUT2D eigenvalue weighted by molar-refractivity contribution is 0.452. The molecule has 2 aliphatic rings. The Kier molecular flexibility index (Phi) is 3.92. The summed E-state index contributed by atoms with van der Waals surface area (Å²) in [4.78, 5) is 4.83. The molecule has 3 nitrogen and oxygen atoms in total. The second-order valence-electron chi connectivity index (χ2n) is 6.25. The summed E-state index contributed by atoms with van der Waals surface area (Å²) in [6.45, 7) is 5.61. The van der Waals surface area contributed by atoms with Gasteiger partial charge in [0.05, 0.1) is 5.69 Å². The van der Waals surface area contributed by atoms with E-state index in [0.29, 0.717) is 6.04 Å². The molecule has 0 bridgehead atoms. The lowest BCUT2D eigenvalue weighted by Gasteiger charge is -2.20. The van der Waals surface area contributed by atoms with Crippen molar-refractivity contribution in [3.63, 3.8) is 0 Å². The first-order valence-corrected chi connectivity index (χ1v) is 8.09. The number of aromatic nitrogens is 2. The predicted octanol–water partition coefficient (Wildman–Crippen LogP) is 3.16. The van der Waals surface area contributed by atoms with Crippen LogP contribution in [-0.4, -0.2) is 22.1 Å². The van der Waals surface area contributed by atoms with Gasteiger partial charge in [0, 0.05) is 17.8 Å². The maximum atomic E-state index is 4.83. The zero-order valence-electron chi connectivity index (χ0n) is 12.4. The summed E-state index contributed by atoms with van der Waals surface area (Å²) in [5.74, 6) is 1.26. The van der Waals surface area contributed by atoms with Gasteiger partial charge in [0.2, 0.25) is 0 Å². The van der Waals surface area contributed by atoms with Gasteiger partial charge >= 0.3 is 0 Å². The molecule has 2 atom stereocenters. The Morgan fingerprint density at radius 2 is 2.11 bits per heavy atom. The zero-order valence-corrected chi connectivity index (χ0v) is 12.4. The summed E-state index contributed by atoms with van der Waals surface area (Å²) in [7, 11) is 0. The Labute approximate surface area is 116 Å². The molecule has 0 amide bonds. The highest BCUT2D eigenvalue weighted by Crippen LogP contribution is 2.34. The first-order chi connectivity index (χ1) is 9.29. The zero-order chi connectivity index (χ0) is 13.2. The summed E-state index contributed by atoms with van der Waals surface area (Å²) in [6, 6.07) is 1.43. The Bertz CT molecular complexity index is 435. The maximum absolute atomic E-state index is 4.83. The molecule has 3 rings (SSSR count). The first-order valence-electron chi connectivity index (χ1n) is 8.09. The standard InChI is InChI=1S/C16H27N3/c1-3-10-17-13-8-9-14(11-13)19-12(2)18-15-6-4-5-7-16(15)19/h13-14,17H,3-11H2,1-2H3. The third-order valence-electron chi connectivity index (χ3n) is 4.80. The van der Waals surface area contributed by atoms with Gasteiger partial charge in [-0.25, -0.2) is 4.98 Å². The first kappa shape index (κ1) is 13.2. The van der Waals surface area contributed by atoms with Gasteiger partial charge in [-0.1, -0.05) is 6.92 Å². The van der Waals surface area contributed by atoms with Crippen LogP contribution in [0.4, 0.5) is 0 Å². The fraction of sp³-hybridized carbons (Fsp3) is 0.812. The molecular weight excluding hydrogens is 234 g/mol. The Hall–Kier alpha value is -0.830. The Balaban J connectivity index is 1.74. The van der Waals surface area contributed by atoms with Gasteiger partial charge in [-0.15, -0.1) is 0 Å². The number of fused-ring (bicyclic) bond motifs is 1. The van der Waals surface area contributed by atoms with Gasteiger partial charge in [-0.2, -0.15) is 0 Å². The molecule has 3 heteroatoms. The smallest absolute Gasteiger partial charge is 0.106 e. The van der Waals surface area contributed by atoms with Crippen molar-refractivity contribution in [2.24, 2.45) is 0 Å². The Morgan fingerprint density at radius 3 is 2.95 bits per heavy atom. The summed E-state index contributed by atoms with van der Waals surface area (Å²) in [5.41, 5.74) is 2.96. The molecule has 1 saturated carbocycles. The summed E-state index contributed by atoms with van der Waals surface area (Å²) < 4.78 is 2.59. The van der Waals surface area contributed by atoms with Crippen LogP contribution in [0.2, 0.25) is 0 Å². The number of hydrogen-bond acceptors (Lipinski definition) is 2. The van der Waals surface area contributed by atoms with Crippen LogP contribution in [0.25, 0.3) is 0 Å². The second-order valence-corrected chi connectivity index (χ2v) is 6.25. The number of hydrogen-bond donors (Lipinski definition) is 1. The SMILES string of the molecule is CCCNC1CCC(n2c(C)nc3c2CCCC3)C1. The van der Waals surface area contributed by atoms with Crippen LogP contribution >= 0.6 is 0 Å². The molecule has 106 valence electrons. The van der Waals surface area contributed by atoms with E-state index in [1.165, 1.54) is 69.4 Å². The van der Waals surface area contributed by atoms with E-state index in [2.05, 4.69) is 23.7 Å². The van der Waals surface area contributed by atoms with Gasteiger partial charge in [-0.3, -0.25) is 0 Å². The van der Waals surface area contributed by atoms with Crippen molar-refractivity contribution < 1.29 is 0 Å². The predicted molar refractivity (Wildman–Crippen MR) is 78.6 cm³/mol. The quantitative estimate of drug-likeness (QED) is 0.902. The highest BCUT2D eigenvalue weighted by atomic mass is 15.1. The van der Waals surface area contributed by atoms with Crippen molar-refractivity contribution in [3.05, 3.63) is 17.2 Å². The van der Waals surface area contributed by atoms with Crippen molar-refractivity contribution >= 4 is 0 Å². The highest BCUT2D eigenvalue weighted by Gasteiger charge is 2.29. The van der Waals surface area contributed by atoms with E-state index in [1.54, 1.807) is 5.69 Å². The highest BCUT2D eigenvalue weighted by molar-refractivity contribution is 5.21. The molecule has 1 N–H and O–H groups in total. The molecule has 1 fully saturated rings. The molecular formula is C16H27N3. The lowest BCUT2D eigenvalue weighted by atomic mass is 10.0. The molecule has 2 aliphatic carbocycles. The number of nitrogens with zero attached hydrogens (tertiary/aromatic N) is 2. The molecule has 0 aromatic carbocycles. The average Bonchev–Trinajstić information content (AvgIpc) is 2.99. The largest absolute Gasteiger partial charge is 0.329 e. The van der Waals surface area contributed by atoms with E-state index in [1.807, 2.05) is 0 Å². The number of nitrogens with one attached hydrogen (secondary N) is 1. The fourth-order valence-electron chi connectivity index (χ4n) is 3.91. The average molecular weight is 261 g/mol. The van der Waals surface area contributed by atoms with E-state index in [0.717, 1.165) is 6.04 Å². The van der Waals surface area contributed by atoms with Gasteiger partial charge in [0.15, 0.2) is 0 Å². The third kappa shape index (κ3) is 2.58. The van der Waals surface area contributed by atoms with Crippen molar-refractivity contribution in [1.82, 2.24) is 14.9 Å². The van der Waals surface area contributed by atoms with Gasteiger partial charge < -0.3 is 9.88 Å². The monoisotopic (exact) mass is 261 g/mol. The third-order valence-corrected chi connectivity index (χ3v) is 4.80. The molecule has 1 aromatic heterocycles. The van der Waals surface area contributed by atoms with Crippen LogP contribution in [0.5, 0.6) is 0 Å². The van der Waals surface area contributed by atoms with Crippen molar-refractivity contribution in [3.8, 4) is 0 Å². The van der Waals surface area contributed by atoms with E-state index in [9.17, 15) is 0 Å². The molecule has 19 heavy (non-hydrogen) atoms. The molecule has 0 radical (unpaired) electrons. The molecule has 0 saturated heterocycles. The summed E-state index contributed by atoms with van der Waals surface area (Å²) >= 11 is 0. The van der Waals surface area contributed by atoms with E-state index < -0.39 is 0 Å². The van der Waals surface area contributed by atoms with E-state index in [4.69, 9.17) is 4.98 Å². The van der Waals surface area contributed by atoms with Crippen molar-refractivity contribution in [2.75, 3.05) is 6.54 Å². The van der Waals surface area contributed by atoms with Crippen LogP contribution in [0.3, 0.4) is 0 Å². The molecule has 1 heterocycles. The van der Waals surface area contributed by atoms with Crippen molar-refractivity contribution in [1.29, 1.82) is 0 Å². The summed E-state index contributed by atoms with van der Waals surface area (Å²) in [5, 5.41) is 3.69. The van der Waals surface area contributed by atoms with Crippen LogP contribution in [0.1, 0.15) is 68.7 Å². The number of rotatable bonds is 4. The second kappa shape index (κ2) is 5.66. The summed E-state index contributed by atoms with van der Waals surface area (Å²) in [6.07, 6.45) is 10.3. The number of imidazole rings is 1. The molecule has 0 aliphatic heterocycles. The number of aryl methyl sites for hydroxylation is 2. The van der Waals surface area contributed by atoms with Gasteiger partial charge in [0.1, 0.15) is 5.82 Å². The molecule has 0 spiro atoms. The van der Waals surface area contributed by atoms with Gasteiger partial charge in [0.25, 0.3) is 0 Å². The van der Waals surface area contributed by atoms with Gasteiger partial charge in [-0.05, 0) is 64.8 Å². The normalized spacial score (nSPS) is 26.6. The lowest BCUT2D eigenvalue weighted by Crippen LogP contribution is -2.27. The molecule has 2 unspecified atom stereocenters. The minimum Gasteiger partial charge on any atom is -0.329 e. The fourth-order valence-corrected chi connectivity index (χ4v) is 3.91. The van der Waals surface area contributed by atoms with E-state index in [-0.39, 0.29) is 0 Å². The topological polar surface area (TPSA) is 29.9 Å². The van der Waals surface area contributed by atoms with Crippen LogP contribution in [0.15, 0.2) is 0 Å². The molecule has 1 aromatic rings. The Morgan fingerprint density at radius 1 is 1.26 bits per heavy atom. The van der Waals surface area contributed by atoms with Crippen molar-refractivity contribution in [2.45, 2.75) is 77.3 Å². The minimum atomic E-state index is 0.698. The van der Waals surface area contributed by atoms with E-state index >= 15 is 0 Å².